The van der Waals surface area contributed by atoms with E-state index in [2.05, 4.69) is 0 Å². The van der Waals surface area contributed by atoms with E-state index in [4.69, 9.17) is 27.9 Å². The average molecular weight is 297 g/mol. The molecule has 3 nitrogen and oxygen atoms in total. The molecule has 0 radical (unpaired) electrons. The summed E-state index contributed by atoms with van der Waals surface area (Å²) in [6, 6.07) is 8.33. The van der Waals surface area contributed by atoms with Gasteiger partial charge >= 0.3 is 0 Å². The third-order valence-corrected chi connectivity index (χ3v) is 3.53. The lowest BCUT2D eigenvalue weighted by molar-refractivity contribution is 0.112. The molecule has 0 aliphatic carbocycles. The molecule has 0 aliphatic rings. The number of hydrogen-bond donors (Lipinski definition) is 1. The third kappa shape index (κ3) is 2.53. The Morgan fingerprint density at radius 2 is 2.00 bits per heavy atom. The van der Waals surface area contributed by atoms with Crippen molar-refractivity contribution in [1.29, 1.82) is 0 Å². The number of carbonyl (C=O) groups excluding carboxylic acids is 1. The molecule has 0 bridgehead atoms. The van der Waals surface area contributed by atoms with Crippen LogP contribution in [0.2, 0.25) is 10.0 Å². The minimum Gasteiger partial charge on any atom is -0.504 e. The van der Waals surface area contributed by atoms with Crippen molar-refractivity contribution >= 4 is 29.5 Å². The Hall–Kier alpha value is -1.71. The van der Waals surface area contributed by atoms with Gasteiger partial charge in [0.25, 0.3) is 0 Å². The van der Waals surface area contributed by atoms with Gasteiger partial charge in [0.05, 0.1) is 22.7 Å². The van der Waals surface area contributed by atoms with Gasteiger partial charge in [-0.2, -0.15) is 0 Å². The Balaban J connectivity index is 2.69. The first-order valence-electron chi connectivity index (χ1n) is 5.39. The maximum absolute atomic E-state index is 11.0. The molecular formula is C14H10Cl2O3. The molecule has 98 valence electrons. The highest BCUT2D eigenvalue weighted by atomic mass is 35.5. The van der Waals surface area contributed by atoms with Crippen LogP contribution >= 0.6 is 23.2 Å². The van der Waals surface area contributed by atoms with Crippen LogP contribution < -0.4 is 4.74 Å². The van der Waals surface area contributed by atoms with Crippen molar-refractivity contribution in [1.82, 2.24) is 0 Å². The smallest absolute Gasteiger partial charge is 0.168 e. The van der Waals surface area contributed by atoms with Crippen molar-refractivity contribution in [3.8, 4) is 22.6 Å². The number of ether oxygens (including phenoxy) is 1. The first-order valence-corrected chi connectivity index (χ1v) is 6.14. The highest BCUT2D eigenvalue weighted by molar-refractivity contribution is 6.43. The van der Waals surface area contributed by atoms with E-state index in [-0.39, 0.29) is 17.1 Å². The SMILES string of the molecule is COc1cc(-c2cccc(Cl)c2Cl)cc(C=O)c1O. The summed E-state index contributed by atoms with van der Waals surface area (Å²) in [5, 5.41) is 10.6. The standard InChI is InChI=1S/C14H10Cl2O3/c1-19-12-6-8(5-9(7-17)14(12)18)10-3-2-4-11(15)13(10)16/h2-7,18H,1H3. The normalized spacial score (nSPS) is 10.3. The molecule has 0 spiro atoms. The van der Waals surface area contributed by atoms with Crippen LogP contribution in [0.3, 0.4) is 0 Å². The van der Waals surface area contributed by atoms with Gasteiger partial charge < -0.3 is 9.84 Å². The number of aromatic hydroxyl groups is 1. The van der Waals surface area contributed by atoms with Crippen LogP contribution in [0.15, 0.2) is 30.3 Å². The van der Waals surface area contributed by atoms with Crippen molar-refractivity contribution in [2.45, 2.75) is 0 Å². The summed E-state index contributed by atoms with van der Waals surface area (Å²) in [5.41, 5.74) is 1.44. The Labute approximate surface area is 120 Å². The van der Waals surface area contributed by atoms with E-state index in [1.54, 1.807) is 24.3 Å². The van der Waals surface area contributed by atoms with E-state index in [0.717, 1.165) is 0 Å². The predicted molar refractivity (Wildman–Crippen MR) is 75.5 cm³/mol. The molecule has 0 unspecified atom stereocenters. The Bertz CT molecular complexity index is 639. The number of halogens is 2. The second-order valence-electron chi connectivity index (χ2n) is 3.84. The number of phenolic OH excluding ortho intramolecular Hbond substituents is 1. The molecule has 5 heteroatoms. The van der Waals surface area contributed by atoms with Crippen LogP contribution in [-0.2, 0) is 0 Å². The largest absolute Gasteiger partial charge is 0.504 e. The second-order valence-corrected chi connectivity index (χ2v) is 4.62. The number of aldehydes is 1. The molecule has 0 amide bonds. The number of hydrogen-bond acceptors (Lipinski definition) is 3. The minimum absolute atomic E-state index is 0.130. The van der Waals surface area contributed by atoms with E-state index in [1.165, 1.54) is 13.2 Å². The number of methoxy groups -OCH3 is 1. The van der Waals surface area contributed by atoms with Gasteiger partial charge in [0.1, 0.15) is 0 Å². The van der Waals surface area contributed by atoms with Crippen LogP contribution in [0.25, 0.3) is 11.1 Å². The molecule has 0 fully saturated rings. The summed E-state index contributed by atoms with van der Waals surface area (Å²) in [6.07, 6.45) is 0.555. The molecule has 1 N–H and O–H groups in total. The van der Waals surface area contributed by atoms with Crippen LogP contribution in [0.4, 0.5) is 0 Å². The van der Waals surface area contributed by atoms with E-state index < -0.39 is 0 Å². The van der Waals surface area contributed by atoms with Crippen molar-refractivity contribution < 1.29 is 14.6 Å². The van der Waals surface area contributed by atoms with Gasteiger partial charge in [-0.05, 0) is 23.8 Å². The van der Waals surface area contributed by atoms with E-state index >= 15 is 0 Å². The van der Waals surface area contributed by atoms with Crippen molar-refractivity contribution in [3.63, 3.8) is 0 Å². The molecule has 2 rings (SSSR count). The maximum Gasteiger partial charge on any atom is 0.168 e. The Morgan fingerprint density at radius 1 is 1.26 bits per heavy atom. The van der Waals surface area contributed by atoms with Gasteiger partial charge in [0, 0.05) is 5.56 Å². The average Bonchev–Trinajstić information content (AvgIpc) is 2.42. The van der Waals surface area contributed by atoms with Crippen molar-refractivity contribution in [2.75, 3.05) is 7.11 Å². The monoisotopic (exact) mass is 296 g/mol. The predicted octanol–water partition coefficient (Wildman–Crippen LogP) is 4.19. The number of carbonyl (C=O) groups is 1. The summed E-state index contributed by atoms with van der Waals surface area (Å²) in [5.74, 6) is 0.00930. The first kappa shape index (κ1) is 13.7. The van der Waals surface area contributed by atoms with E-state index in [1.807, 2.05) is 0 Å². The van der Waals surface area contributed by atoms with E-state index in [9.17, 15) is 9.90 Å². The van der Waals surface area contributed by atoms with Crippen molar-refractivity contribution in [2.24, 2.45) is 0 Å². The molecule has 2 aromatic rings. The fourth-order valence-corrected chi connectivity index (χ4v) is 2.17. The fraction of sp³-hybridized carbons (Fsp3) is 0.0714. The zero-order valence-electron chi connectivity index (χ0n) is 9.98. The topological polar surface area (TPSA) is 46.5 Å². The summed E-state index contributed by atoms with van der Waals surface area (Å²) >= 11 is 12.1. The fourth-order valence-electron chi connectivity index (χ4n) is 1.76. The summed E-state index contributed by atoms with van der Waals surface area (Å²) in [7, 11) is 1.41. The van der Waals surface area contributed by atoms with Crippen molar-refractivity contribution in [3.05, 3.63) is 45.9 Å². The maximum atomic E-state index is 11.0. The van der Waals surface area contributed by atoms with Gasteiger partial charge in [-0.15, -0.1) is 0 Å². The molecule has 0 heterocycles. The molecular weight excluding hydrogens is 287 g/mol. The van der Waals surface area contributed by atoms with E-state index in [0.29, 0.717) is 27.5 Å². The van der Waals surface area contributed by atoms with Gasteiger partial charge in [-0.3, -0.25) is 4.79 Å². The highest BCUT2D eigenvalue weighted by Gasteiger charge is 2.13. The molecule has 2 aromatic carbocycles. The zero-order valence-corrected chi connectivity index (χ0v) is 11.5. The summed E-state index contributed by atoms with van der Waals surface area (Å²) < 4.78 is 5.03. The van der Waals surface area contributed by atoms with Crippen LogP contribution in [0, 0.1) is 0 Å². The zero-order chi connectivity index (χ0) is 14.0. The quantitative estimate of drug-likeness (QED) is 0.864. The lowest BCUT2D eigenvalue weighted by Crippen LogP contribution is -1.91. The molecule has 19 heavy (non-hydrogen) atoms. The summed E-state index contributed by atoms with van der Waals surface area (Å²) in [4.78, 5) is 11.0. The second kappa shape index (κ2) is 5.51. The van der Waals surface area contributed by atoms with Crippen LogP contribution in [0.5, 0.6) is 11.5 Å². The molecule has 0 aromatic heterocycles. The Morgan fingerprint density at radius 3 is 2.63 bits per heavy atom. The summed E-state index contributed by atoms with van der Waals surface area (Å²) in [6.45, 7) is 0. The minimum atomic E-state index is -0.195. The molecule has 0 atom stereocenters. The Kier molecular flexibility index (Phi) is 3.98. The lowest BCUT2D eigenvalue weighted by atomic mass is 10.0. The number of phenols is 1. The molecule has 0 saturated carbocycles. The molecule has 0 saturated heterocycles. The van der Waals surface area contributed by atoms with Gasteiger partial charge in [0.15, 0.2) is 17.8 Å². The van der Waals surface area contributed by atoms with Gasteiger partial charge in [-0.25, -0.2) is 0 Å². The first-order chi connectivity index (χ1) is 9.08. The van der Waals surface area contributed by atoms with Crippen LogP contribution in [-0.4, -0.2) is 18.5 Å². The van der Waals surface area contributed by atoms with Gasteiger partial charge in [-0.1, -0.05) is 35.3 Å². The number of rotatable bonds is 3. The molecule has 0 aliphatic heterocycles. The van der Waals surface area contributed by atoms with Crippen LogP contribution in [0.1, 0.15) is 10.4 Å². The lowest BCUT2D eigenvalue weighted by Gasteiger charge is -2.11. The highest BCUT2D eigenvalue weighted by Crippen LogP contribution is 2.39. The van der Waals surface area contributed by atoms with Gasteiger partial charge in [0.2, 0.25) is 0 Å². The number of benzene rings is 2. The third-order valence-electron chi connectivity index (χ3n) is 2.71.